The van der Waals surface area contributed by atoms with Crippen molar-refractivity contribution in [1.82, 2.24) is 0 Å². The lowest BCUT2D eigenvalue weighted by atomic mass is 10.1. The molecule has 0 saturated carbocycles. The van der Waals surface area contributed by atoms with Gasteiger partial charge >= 0.3 is 0 Å². The maximum atomic E-state index is 5.93. The second-order valence-electron chi connectivity index (χ2n) is 2.36. The summed E-state index contributed by atoms with van der Waals surface area (Å²) in [6, 6.07) is 1.86. The Labute approximate surface area is 85.8 Å². The molecule has 0 aliphatic heterocycles. The van der Waals surface area contributed by atoms with Crippen LogP contribution in [0.3, 0.4) is 0 Å². The summed E-state index contributed by atoms with van der Waals surface area (Å²) in [7, 11) is 0. The SMILES string of the molecule is C/C(=C/CN)c1cc(Cl)sc1Cl. The molecule has 4 heteroatoms. The molecule has 12 heavy (non-hydrogen) atoms. The Balaban J connectivity index is 3.02. The minimum Gasteiger partial charge on any atom is -0.327 e. The quantitative estimate of drug-likeness (QED) is 0.815. The van der Waals surface area contributed by atoms with Crippen molar-refractivity contribution in [2.45, 2.75) is 6.92 Å². The standard InChI is InChI=1S/C8H9Cl2NS/c1-5(2-3-11)6-4-7(9)12-8(6)10/h2,4H,3,11H2,1H3/b5-2-. The lowest BCUT2D eigenvalue weighted by molar-refractivity contribution is 1.25. The first-order valence-corrected chi connectivity index (χ1v) is 5.04. The van der Waals surface area contributed by atoms with E-state index in [0.717, 1.165) is 15.5 Å². The van der Waals surface area contributed by atoms with Crippen LogP contribution in [-0.2, 0) is 0 Å². The lowest BCUT2D eigenvalue weighted by Crippen LogP contribution is -1.93. The highest BCUT2D eigenvalue weighted by Gasteiger charge is 2.06. The van der Waals surface area contributed by atoms with Crippen LogP contribution in [0.4, 0.5) is 0 Å². The zero-order valence-corrected chi connectivity index (χ0v) is 8.93. The molecule has 0 atom stereocenters. The van der Waals surface area contributed by atoms with Crippen LogP contribution < -0.4 is 5.73 Å². The van der Waals surface area contributed by atoms with Gasteiger partial charge in [-0.05, 0) is 18.6 Å². The summed E-state index contributed by atoms with van der Waals surface area (Å²) < 4.78 is 1.43. The first-order valence-electron chi connectivity index (χ1n) is 3.47. The van der Waals surface area contributed by atoms with Crippen LogP contribution in [0.15, 0.2) is 12.1 Å². The minimum atomic E-state index is 0.523. The van der Waals surface area contributed by atoms with Gasteiger partial charge in [0.1, 0.15) is 4.34 Å². The highest BCUT2D eigenvalue weighted by molar-refractivity contribution is 7.20. The average Bonchev–Trinajstić information content (AvgIpc) is 2.30. The van der Waals surface area contributed by atoms with Crippen LogP contribution in [0.5, 0.6) is 0 Å². The Bertz CT molecular complexity index is 304. The molecular weight excluding hydrogens is 213 g/mol. The van der Waals surface area contributed by atoms with Crippen molar-refractivity contribution in [2.24, 2.45) is 5.73 Å². The Kier molecular flexibility index (Phi) is 3.59. The van der Waals surface area contributed by atoms with Crippen LogP contribution in [-0.4, -0.2) is 6.54 Å². The van der Waals surface area contributed by atoms with Gasteiger partial charge in [-0.2, -0.15) is 0 Å². The Morgan fingerprint density at radius 2 is 2.33 bits per heavy atom. The number of allylic oxidation sites excluding steroid dienone is 1. The molecule has 0 aliphatic carbocycles. The third-order valence-corrected chi connectivity index (χ3v) is 2.99. The summed E-state index contributed by atoms with van der Waals surface area (Å²) in [6.45, 7) is 2.49. The normalized spacial score (nSPS) is 12.2. The summed E-state index contributed by atoms with van der Waals surface area (Å²) >= 11 is 13.1. The maximum absolute atomic E-state index is 5.93. The fourth-order valence-electron chi connectivity index (χ4n) is 0.896. The van der Waals surface area contributed by atoms with Crippen LogP contribution in [0, 0.1) is 0 Å². The number of nitrogens with two attached hydrogens (primary N) is 1. The molecule has 2 N–H and O–H groups in total. The van der Waals surface area contributed by atoms with E-state index >= 15 is 0 Å². The van der Waals surface area contributed by atoms with E-state index in [2.05, 4.69) is 0 Å². The van der Waals surface area contributed by atoms with Gasteiger partial charge in [0, 0.05) is 12.1 Å². The largest absolute Gasteiger partial charge is 0.327 e. The van der Waals surface area contributed by atoms with E-state index in [9.17, 15) is 0 Å². The van der Waals surface area contributed by atoms with Crippen molar-refractivity contribution in [3.63, 3.8) is 0 Å². The van der Waals surface area contributed by atoms with E-state index in [1.54, 1.807) is 0 Å². The Morgan fingerprint density at radius 3 is 2.75 bits per heavy atom. The van der Waals surface area contributed by atoms with Gasteiger partial charge in [-0.25, -0.2) is 0 Å². The molecule has 0 aliphatic rings. The molecule has 0 saturated heterocycles. The number of rotatable bonds is 2. The van der Waals surface area contributed by atoms with Crippen molar-refractivity contribution >= 4 is 40.1 Å². The molecule has 1 aromatic rings. The first-order chi connectivity index (χ1) is 5.65. The fraction of sp³-hybridized carbons (Fsp3) is 0.250. The van der Waals surface area contributed by atoms with Gasteiger partial charge in [0.05, 0.1) is 4.34 Å². The van der Waals surface area contributed by atoms with Gasteiger partial charge in [-0.15, -0.1) is 11.3 Å². The van der Waals surface area contributed by atoms with E-state index in [0.29, 0.717) is 10.9 Å². The van der Waals surface area contributed by atoms with E-state index < -0.39 is 0 Å². The summed E-state index contributed by atoms with van der Waals surface area (Å²) in [4.78, 5) is 0. The van der Waals surface area contributed by atoms with Gasteiger partial charge in [0.25, 0.3) is 0 Å². The van der Waals surface area contributed by atoms with Gasteiger partial charge < -0.3 is 5.73 Å². The number of hydrogen-bond acceptors (Lipinski definition) is 2. The predicted octanol–water partition coefficient (Wildman–Crippen LogP) is 3.42. The lowest BCUT2D eigenvalue weighted by Gasteiger charge is -1.96. The molecule has 1 nitrogen and oxygen atoms in total. The van der Waals surface area contributed by atoms with Crippen molar-refractivity contribution in [3.05, 3.63) is 26.4 Å². The molecular formula is C8H9Cl2NS. The molecule has 1 heterocycles. The zero-order valence-electron chi connectivity index (χ0n) is 6.60. The van der Waals surface area contributed by atoms with Gasteiger partial charge in [0.15, 0.2) is 0 Å². The summed E-state index contributed by atoms with van der Waals surface area (Å²) in [6.07, 6.45) is 1.92. The molecule has 0 spiro atoms. The molecule has 1 rings (SSSR count). The van der Waals surface area contributed by atoms with Crippen molar-refractivity contribution < 1.29 is 0 Å². The predicted molar refractivity (Wildman–Crippen MR) is 57.0 cm³/mol. The van der Waals surface area contributed by atoms with E-state index in [1.165, 1.54) is 11.3 Å². The van der Waals surface area contributed by atoms with Crippen LogP contribution >= 0.6 is 34.5 Å². The zero-order chi connectivity index (χ0) is 9.14. The Morgan fingerprint density at radius 1 is 1.67 bits per heavy atom. The van der Waals surface area contributed by atoms with Crippen LogP contribution in [0.2, 0.25) is 8.67 Å². The second kappa shape index (κ2) is 4.28. The number of thiophene rings is 1. The number of hydrogen-bond donors (Lipinski definition) is 1. The molecule has 1 aromatic heterocycles. The number of halogens is 2. The summed E-state index contributed by atoms with van der Waals surface area (Å²) in [5.74, 6) is 0. The van der Waals surface area contributed by atoms with Gasteiger partial charge in [-0.1, -0.05) is 29.3 Å². The minimum absolute atomic E-state index is 0.523. The van der Waals surface area contributed by atoms with Crippen molar-refractivity contribution in [3.8, 4) is 0 Å². The van der Waals surface area contributed by atoms with Crippen molar-refractivity contribution in [1.29, 1.82) is 0 Å². The van der Waals surface area contributed by atoms with Crippen LogP contribution in [0.1, 0.15) is 12.5 Å². The fourth-order valence-corrected chi connectivity index (χ4v) is 2.49. The third kappa shape index (κ3) is 2.23. The summed E-state index contributed by atoms with van der Waals surface area (Å²) in [5.41, 5.74) is 7.43. The average molecular weight is 222 g/mol. The van der Waals surface area contributed by atoms with Crippen molar-refractivity contribution in [2.75, 3.05) is 6.54 Å². The first kappa shape index (κ1) is 10.1. The molecule has 0 fully saturated rings. The van der Waals surface area contributed by atoms with E-state index in [4.69, 9.17) is 28.9 Å². The molecule has 0 aromatic carbocycles. The molecule has 0 unspecified atom stereocenters. The molecule has 0 radical (unpaired) electrons. The smallest absolute Gasteiger partial charge is 0.102 e. The van der Waals surface area contributed by atoms with Crippen LogP contribution in [0.25, 0.3) is 5.57 Å². The van der Waals surface area contributed by atoms with Gasteiger partial charge in [-0.3, -0.25) is 0 Å². The molecule has 0 bridgehead atoms. The highest BCUT2D eigenvalue weighted by atomic mass is 35.5. The Hall–Kier alpha value is -0.0200. The van der Waals surface area contributed by atoms with E-state index in [1.807, 2.05) is 19.1 Å². The van der Waals surface area contributed by atoms with E-state index in [-0.39, 0.29) is 0 Å². The highest BCUT2D eigenvalue weighted by Crippen LogP contribution is 2.34. The maximum Gasteiger partial charge on any atom is 0.102 e. The topological polar surface area (TPSA) is 26.0 Å². The monoisotopic (exact) mass is 221 g/mol. The summed E-state index contributed by atoms with van der Waals surface area (Å²) in [5, 5.41) is 0. The molecule has 0 amide bonds. The third-order valence-electron chi connectivity index (χ3n) is 1.51. The molecule has 66 valence electrons. The van der Waals surface area contributed by atoms with Gasteiger partial charge in [0.2, 0.25) is 0 Å². The second-order valence-corrected chi connectivity index (χ2v) is 4.65.